The maximum Gasteiger partial charge on any atom is 0.573 e. The van der Waals surface area contributed by atoms with Crippen LogP contribution >= 0.6 is 11.3 Å². The highest BCUT2D eigenvalue weighted by Crippen LogP contribution is 2.26. The third-order valence-corrected chi connectivity index (χ3v) is 8.58. The largest absolute Gasteiger partial charge is 0.573 e. The van der Waals surface area contributed by atoms with E-state index in [0.717, 1.165) is 47.3 Å². The quantitative estimate of drug-likeness (QED) is 0.163. The Balaban J connectivity index is 1.15. The molecule has 2 amide bonds. The SMILES string of the molecule is Cc1ccc(C(C)C)c(-n2c(C)csc2=NC(=O)NC(C)CCCc2ccc(-c3ncn(-c4ccc(OC(F)(F)F)cc4)n3)cc2)c1. The molecule has 2 aromatic heterocycles. The second kappa shape index (κ2) is 14.4. The van der Waals surface area contributed by atoms with Gasteiger partial charge in [-0.15, -0.1) is 29.6 Å². The molecule has 1 N–H and O–H groups in total. The molecule has 2 heterocycles. The highest BCUT2D eigenvalue weighted by molar-refractivity contribution is 7.07. The molecule has 0 fully saturated rings. The predicted molar refractivity (Wildman–Crippen MR) is 177 cm³/mol. The summed E-state index contributed by atoms with van der Waals surface area (Å²) in [5.74, 6) is 0.525. The number of nitrogens with zero attached hydrogens (tertiary/aromatic N) is 5. The summed E-state index contributed by atoms with van der Waals surface area (Å²) >= 11 is 1.46. The lowest BCUT2D eigenvalue weighted by Crippen LogP contribution is -2.32. The summed E-state index contributed by atoms with van der Waals surface area (Å²) in [6, 6.07) is 19.3. The van der Waals surface area contributed by atoms with Crippen molar-refractivity contribution < 1.29 is 22.7 Å². The van der Waals surface area contributed by atoms with E-state index in [1.54, 1.807) is 0 Å². The number of aromatic nitrogens is 4. The zero-order valence-corrected chi connectivity index (χ0v) is 27.7. The molecule has 5 rings (SSSR count). The number of alkyl halides is 3. The summed E-state index contributed by atoms with van der Waals surface area (Å²) in [4.78, 5) is 22.4. The lowest BCUT2D eigenvalue weighted by atomic mass is 9.99. The number of halogens is 3. The van der Waals surface area contributed by atoms with Gasteiger partial charge in [-0.1, -0.05) is 50.2 Å². The maximum absolute atomic E-state index is 12.9. The van der Waals surface area contributed by atoms with Gasteiger partial charge in [0.1, 0.15) is 12.1 Å². The van der Waals surface area contributed by atoms with Gasteiger partial charge in [0.25, 0.3) is 0 Å². The Morgan fingerprint density at radius 2 is 1.74 bits per heavy atom. The molecule has 0 saturated heterocycles. The molecule has 47 heavy (non-hydrogen) atoms. The Hall–Kier alpha value is -4.71. The maximum atomic E-state index is 12.9. The summed E-state index contributed by atoms with van der Waals surface area (Å²) in [7, 11) is 0. The lowest BCUT2D eigenvalue weighted by molar-refractivity contribution is -0.274. The van der Waals surface area contributed by atoms with Crippen molar-refractivity contribution >= 4 is 17.4 Å². The van der Waals surface area contributed by atoms with Gasteiger partial charge in [-0.05, 0) is 93.0 Å². The summed E-state index contributed by atoms with van der Waals surface area (Å²) in [5.41, 5.74) is 6.97. The molecule has 5 aromatic rings. The Bertz CT molecular complexity index is 1890. The van der Waals surface area contributed by atoms with Crippen molar-refractivity contribution in [2.24, 2.45) is 4.99 Å². The summed E-state index contributed by atoms with van der Waals surface area (Å²) in [6.07, 6.45) is -0.731. The van der Waals surface area contributed by atoms with E-state index in [-0.39, 0.29) is 17.8 Å². The van der Waals surface area contributed by atoms with Crippen LogP contribution in [-0.4, -0.2) is 37.8 Å². The average molecular weight is 663 g/mol. The number of hydrogen-bond donors (Lipinski definition) is 1. The number of carbonyl (C=O) groups is 1. The zero-order chi connectivity index (χ0) is 33.7. The smallest absolute Gasteiger partial charge is 0.406 e. The summed E-state index contributed by atoms with van der Waals surface area (Å²) in [6.45, 7) is 10.4. The van der Waals surface area contributed by atoms with Gasteiger partial charge >= 0.3 is 12.4 Å². The van der Waals surface area contributed by atoms with Gasteiger partial charge in [0.05, 0.1) is 11.4 Å². The van der Waals surface area contributed by atoms with Crippen molar-refractivity contribution in [3.05, 3.63) is 106 Å². The van der Waals surface area contributed by atoms with Gasteiger partial charge < -0.3 is 10.1 Å². The van der Waals surface area contributed by atoms with Crippen LogP contribution in [-0.2, 0) is 6.42 Å². The van der Waals surface area contributed by atoms with Gasteiger partial charge in [-0.3, -0.25) is 4.57 Å². The number of rotatable bonds is 10. The number of ether oxygens (including phenoxy) is 1. The van der Waals surface area contributed by atoms with E-state index >= 15 is 0 Å². The number of urea groups is 1. The Kier molecular flexibility index (Phi) is 10.3. The van der Waals surface area contributed by atoms with Gasteiger partial charge in [-0.2, -0.15) is 4.99 Å². The van der Waals surface area contributed by atoms with E-state index in [1.807, 2.05) is 43.5 Å². The monoisotopic (exact) mass is 662 g/mol. The third-order valence-electron chi connectivity index (χ3n) is 7.64. The molecule has 12 heteroatoms. The molecule has 0 radical (unpaired) electrons. The van der Waals surface area contributed by atoms with Crippen LogP contribution in [0, 0.1) is 13.8 Å². The van der Waals surface area contributed by atoms with Crippen molar-refractivity contribution in [3.8, 4) is 28.5 Å². The van der Waals surface area contributed by atoms with E-state index < -0.39 is 6.36 Å². The number of aryl methyl sites for hydroxylation is 3. The molecule has 0 saturated carbocycles. The van der Waals surface area contributed by atoms with Crippen LogP contribution in [0.2, 0.25) is 0 Å². The van der Waals surface area contributed by atoms with Crippen molar-refractivity contribution in [1.82, 2.24) is 24.6 Å². The van der Waals surface area contributed by atoms with Crippen LogP contribution in [0.25, 0.3) is 22.8 Å². The first-order valence-electron chi connectivity index (χ1n) is 15.4. The third kappa shape index (κ3) is 8.76. The van der Waals surface area contributed by atoms with Crippen molar-refractivity contribution in [2.75, 3.05) is 0 Å². The molecule has 8 nitrogen and oxygen atoms in total. The number of hydrogen-bond acceptors (Lipinski definition) is 5. The molecule has 246 valence electrons. The molecule has 1 atom stereocenters. The predicted octanol–water partition coefficient (Wildman–Crippen LogP) is 8.45. The zero-order valence-electron chi connectivity index (χ0n) is 26.9. The summed E-state index contributed by atoms with van der Waals surface area (Å²) < 4.78 is 44.8. The number of amides is 2. The molecule has 0 aliphatic carbocycles. The number of nitrogens with one attached hydrogen (secondary N) is 1. The molecule has 0 aliphatic rings. The molecule has 3 aromatic carbocycles. The molecular formula is C35H37F3N6O2S. The number of thiazole rings is 1. The van der Waals surface area contributed by atoms with Crippen molar-refractivity contribution in [3.63, 3.8) is 0 Å². The first kappa shape index (κ1) is 33.6. The average Bonchev–Trinajstić information content (AvgIpc) is 3.64. The lowest BCUT2D eigenvalue weighted by Gasteiger charge is -2.16. The van der Waals surface area contributed by atoms with Crippen LogP contribution in [0.5, 0.6) is 5.75 Å². The van der Waals surface area contributed by atoms with E-state index in [1.165, 1.54) is 52.2 Å². The topological polar surface area (TPSA) is 86.3 Å². The van der Waals surface area contributed by atoms with Crippen LogP contribution in [0.4, 0.5) is 18.0 Å². The normalized spacial score (nSPS) is 12.8. The number of carbonyl (C=O) groups excluding carboxylic acids is 1. The standard InChI is InChI=1S/C35H37F3N6O2S/c1-22(2)30-18-9-23(3)19-31(30)44-25(5)20-47-34(44)41-33(45)40-24(4)7-6-8-26-10-12-27(13-11-26)32-39-21-43(42-32)28-14-16-29(17-15-28)46-35(36,37)38/h9-22,24H,6-8H2,1-5H3,(H,40,45). The van der Waals surface area contributed by atoms with Crippen LogP contribution < -0.4 is 14.9 Å². The van der Waals surface area contributed by atoms with Gasteiger partial charge in [-0.25, -0.2) is 14.5 Å². The Morgan fingerprint density at radius 3 is 2.43 bits per heavy atom. The van der Waals surface area contributed by atoms with E-state index in [9.17, 15) is 18.0 Å². The first-order chi connectivity index (χ1) is 22.4. The highest BCUT2D eigenvalue weighted by Gasteiger charge is 2.31. The molecule has 0 aliphatic heterocycles. The molecule has 0 spiro atoms. The number of benzene rings is 3. The molecule has 1 unspecified atom stereocenters. The van der Waals surface area contributed by atoms with Crippen LogP contribution in [0.3, 0.4) is 0 Å². The first-order valence-corrected chi connectivity index (χ1v) is 16.2. The fourth-order valence-electron chi connectivity index (χ4n) is 5.25. The second-order valence-corrected chi connectivity index (χ2v) is 12.7. The minimum atomic E-state index is -4.74. The fourth-order valence-corrected chi connectivity index (χ4v) is 6.12. The minimum Gasteiger partial charge on any atom is -0.406 e. The van der Waals surface area contributed by atoms with Gasteiger partial charge in [0.15, 0.2) is 10.6 Å². The van der Waals surface area contributed by atoms with E-state index in [2.05, 4.69) is 68.7 Å². The fraction of sp³-hybridized carbons (Fsp3) is 0.314. The Labute approximate surface area is 275 Å². The van der Waals surface area contributed by atoms with E-state index in [0.29, 0.717) is 22.2 Å². The highest BCUT2D eigenvalue weighted by atomic mass is 32.1. The van der Waals surface area contributed by atoms with Crippen LogP contribution in [0.15, 0.2) is 83.4 Å². The van der Waals surface area contributed by atoms with E-state index in [4.69, 9.17) is 0 Å². The molecule has 0 bridgehead atoms. The van der Waals surface area contributed by atoms with Gasteiger partial charge in [0, 0.05) is 22.7 Å². The molecular weight excluding hydrogens is 625 g/mol. The van der Waals surface area contributed by atoms with Crippen LogP contribution in [0.1, 0.15) is 61.9 Å². The van der Waals surface area contributed by atoms with Gasteiger partial charge in [0.2, 0.25) is 0 Å². The second-order valence-electron chi connectivity index (χ2n) is 11.8. The summed E-state index contributed by atoms with van der Waals surface area (Å²) in [5, 5.41) is 9.50. The van der Waals surface area contributed by atoms with Crippen molar-refractivity contribution in [2.45, 2.75) is 72.2 Å². The Morgan fingerprint density at radius 1 is 1.02 bits per heavy atom. The minimum absolute atomic E-state index is 0.0486. The van der Waals surface area contributed by atoms with Crippen molar-refractivity contribution in [1.29, 1.82) is 0 Å².